The second kappa shape index (κ2) is 4.39. The molecule has 0 fully saturated rings. The molecule has 3 heteroatoms. The van der Waals surface area contributed by atoms with Crippen molar-refractivity contribution >= 4 is 23.0 Å². The van der Waals surface area contributed by atoms with Crippen molar-refractivity contribution in [3.63, 3.8) is 0 Å². The molecule has 0 atom stereocenters. The second-order valence-corrected chi connectivity index (χ2v) is 5.63. The lowest BCUT2D eigenvalue weighted by Gasteiger charge is -2.25. The molecule has 0 N–H and O–H groups in total. The molecule has 1 heterocycles. The van der Waals surface area contributed by atoms with Crippen molar-refractivity contribution in [1.29, 1.82) is 0 Å². The van der Waals surface area contributed by atoms with Gasteiger partial charge in [-0.15, -0.1) is 0 Å². The lowest BCUT2D eigenvalue weighted by molar-refractivity contribution is 0.714. The summed E-state index contributed by atoms with van der Waals surface area (Å²) in [6.07, 6.45) is 0. The third-order valence-corrected chi connectivity index (χ3v) is 3.83. The monoisotopic (exact) mass is 269 g/mol. The van der Waals surface area contributed by atoms with Crippen molar-refractivity contribution in [1.82, 2.24) is 5.43 Å². The van der Waals surface area contributed by atoms with Gasteiger partial charge in [0.15, 0.2) is 0 Å². The van der Waals surface area contributed by atoms with Crippen molar-refractivity contribution in [2.45, 2.75) is 19.3 Å². The maximum Gasteiger partial charge on any atom is 0.0948 e. The van der Waals surface area contributed by atoms with Crippen LogP contribution in [0.3, 0.4) is 0 Å². The number of halogens is 1. The van der Waals surface area contributed by atoms with Gasteiger partial charge >= 0.3 is 0 Å². The standard InChI is InChI=1S/C16H14ClN2/c1-16(2,11-7-9-12(17)10-8-11)15-13-5-3-4-6-14(13)18-19-15/h3-10H,1-2H3. The lowest BCUT2D eigenvalue weighted by Crippen LogP contribution is -2.28. The van der Waals surface area contributed by atoms with E-state index in [1.807, 2.05) is 42.5 Å². The van der Waals surface area contributed by atoms with Gasteiger partial charge in [0.05, 0.1) is 11.4 Å². The Morgan fingerprint density at radius 1 is 0.947 bits per heavy atom. The first kappa shape index (κ1) is 12.2. The van der Waals surface area contributed by atoms with Gasteiger partial charge in [0.1, 0.15) is 0 Å². The van der Waals surface area contributed by atoms with Crippen LogP contribution in [0.1, 0.15) is 25.0 Å². The number of benzene rings is 2. The lowest BCUT2D eigenvalue weighted by atomic mass is 9.77. The number of fused-ring (bicyclic) bond motifs is 1. The summed E-state index contributed by atoms with van der Waals surface area (Å²) in [5.41, 5.74) is 8.30. The van der Waals surface area contributed by atoms with Crippen LogP contribution >= 0.6 is 11.6 Å². The van der Waals surface area contributed by atoms with E-state index in [2.05, 4.69) is 30.4 Å². The van der Waals surface area contributed by atoms with E-state index in [-0.39, 0.29) is 5.41 Å². The highest BCUT2D eigenvalue weighted by Crippen LogP contribution is 2.34. The van der Waals surface area contributed by atoms with E-state index in [4.69, 9.17) is 11.6 Å². The minimum absolute atomic E-state index is 0.194. The Morgan fingerprint density at radius 2 is 1.63 bits per heavy atom. The summed E-state index contributed by atoms with van der Waals surface area (Å²) in [5, 5.41) is 5.13. The average Bonchev–Trinajstić information content (AvgIpc) is 2.83. The molecule has 0 bridgehead atoms. The van der Waals surface area contributed by atoms with E-state index < -0.39 is 0 Å². The molecule has 1 radical (unpaired) electrons. The zero-order chi connectivity index (χ0) is 13.5. The Hall–Kier alpha value is -1.80. The van der Waals surface area contributed by atoms with Crippen LogP contribution in [0.2, 0.25) is 5.02 Å². The number of nitrogens with zero attached hydrogens (tertiary/aromatic N) is 2. The van der Waals surface area contributed by atoms with Crippen LogP contribution in [-0.2, 0) is 5.41 Å². The van der Waals surface area contributed by atoms with Gasteiger partial charge in [0, 0.05) is 16.0 Å². The molecule has 19 heavy (non-hydrogen) atoms. The highest BCUT2D eigenvalue weighted by atomic mass is 35.5. The van der Waals surface area contributed by atoms with Gasteiger partial charge in [0.2, 0.25) is 0 Å². The zero-order valence-corrected chi connectivity index (χ0v) is 11.6. The van der Waals surface area contributed by atoms with Crippen LogP contribution in [0.5, 0.6) is 0 Å². The fraction of sp³-hybridized carbons (Fsp3) is 0.188. The molecule has 0 aliphatic carbocycles. The third-order valence-electron chi connectivity index (χ3n) is 3.57. The summed E-state index contributed by atoms with van der Waals surface area (Å²) in [7, 11) is 0. The van der Waals surface area contributed by atoms with E-state index in [1.165, 1.54) is 5.56 Å². The molecule has 0 unspecified atom stereocenters. The van der Waals surface area contributed by atoms with E-state index in [1.54, 1.807) is 0 Å². The molecule has 95 valence electrons. The summed E-state index contributed by atoms with van der Waals surface area (Å²) >= 11 is 5.95. The van der Waals surface area contributed by atoms with E-state index >= 15 is 0 Å². The summed E-state index contributed by atoms with van der Waals surface area (Å²) in [5.74, 6) is 0. The fourth-order valence-electron chi connectivity index (χ4n) is 2.38. The van der Waals surface area contributed by atoms with Crippen LogP contribution in [-0.4, -0.2) is 5.71 Å². The molecule has 0 saturated carbocycles. The largest absolute Gasteiger partial charge is 0.153 e. The van der Waals surface area contributed by atoms with Gasteiger partial charge in [-0.3, -0.25) is 0 Å². The molecule has 2 aromatic rings. The highest BCUT2D eigenvalue weighted by Gasteiger charge is 2.33. The smallest absolute Gasteiger partial charge is 0.0948 e. The first-order chi connectivity index (χ1) is 9.09. The van der Waals surface area contributed by atoms with Crippen molar-refractivity contribution in [2.75, 3.05) is 0 Å². The Balaban J connectivity index is 2.05. The molecule has 0 amide bonds. The quantitative estimate of drug-likeness (QED) is 0.778. The Kier molecular flexibility index (Phi) is 2.83. The van der Waals surface area contributed by atoms with Crippen LogP contribution in [0, 0.1) is 0 Å². The molecule has 0 aromatic heterocycles. The SMILES string of the molecule is CC(C)(C1=N[N]c2ccccc21)c1ccc(Cl)cc1. The first-order valence-electron chi connectivity index (χ1n) is 6.23. The molecule has 0 spiro atoms. The van der Waals surface area contributed by atoms with E-state index in [0.717, 1.165) is 22.0 Å². The summed E-state index contributed by atoms with van der Waals surface area (Å²) in [6, 6.07) is 16.0. The Labute approximate surface area is 118 Å². The summed E-state index contributed by atoms with van der Waals surface area (Å²) in [4.78, 5) is 0. The van der Waals surface area contributed by atoms with Crippen LogP contribution < -0.4 is 5.43 Å². The molecule has 2 aromatic carbocycles. The Bertz CT molecular complexity index is 642. The zero-order valence-electron chi connectivity index (χ0n) is 10.9. The molecule has 1 aliphatic rings. The molecule has 0 saturated heterocycles. The van der Waals surface area contributed by atoms with Gasteiger partial charge in [-0.1, -0.05) is 55.8 Å². The minimum Gasteiger partial charge on any atom is -0.153 e. The van der Waals surface area contributed by atoms with Gasteiger partial charge in [-0.05, 0) is 23.8 Å². The van der Waals surface area contributed by atoms with Gasteiger partial charge in [0.25, 0.3) is 0 Å². The Morgan fingerprint density at radius 3 is 2.37 bits per heavy atom. The highest BCUT2D eigenvalue weighted by molar-refractivity contribution is 6.30. The normalized spacial score (nSPS) is 13.7. The molecule has 1 aliphatic heterocycles. The van der Waals surface area contributed by atoms with Gasteiger partial charge < -0.3 is 0 Å². The van der Waals surface area contributed by atoms with E-state index in [0.29, 0.717) is 0 Å². The maximum absolute atomic E-state index is 5.95. The van der Waals surface area contributed by atoms with Crippen molar-refractivity contribution in [3.8, 4) is 0 Å². The maximum atomic E-state index is 5.95. The molecule has 2 nitrogen and oxygen atoms in total. The van der Waals surface area contributed by atoms with Crippen molar-refractivity contribution in [3.05, 3.63) is 64.7 Å². The minimum atomic E-state index is -0.194. The molecular formula is C16H14ClN2. The average molecular weight is 270 g/mol. The number of hydrogen-bond acceptors (Lipinski definition) is 1. The van der Waals surface area contributed by atoms with Gasteiger partial charge in [-0.25, -0.2) is 0 Å². The third kappa shape index (κ3) is 2.02. The van der Waals surface area contributed by atoms with E-state index in [9.17, 15) is 0 Å². The van der Waals surface area contributed by atoms with Gasteiger partial charge in [-0.2, -0.15) is 10.5 Å². The summed E-state index contributed by atoms with van der Waals surface area (Å²) < 4.78 is 0. The number of rotatable bonds is 2. The number of hydrogen-bond donors (Lipinski definition) is 0. The second-order valence-electron chi connectivity index (χ2n) is 5.20. The predicted octanol–water partition coefficient (Wildman–Crippen LogP) is 4.27. The molecule has 3 rings (SSSR count). The summed E-state index contributed by atoms with van der Waals surface area (Å²) in [6.45, 7) is 4.32. The van der Waals surface area contributed by atoms with Crippen molar-refractivity contribution in [2.24, 2.45) is 5.10 Å². The van der Waals surface area contributed by atoms with Crippen molar-refractivity contribution < 1.29 is 0 Å². The first-order valence-corrected chi connectivity index (χ1v) is 6.61. The van der Waals surface area contributed by atoms with Crippen LogP contribution in [0.4, 0.5) is 5.69 Å². The fourth-order valence-corrected chi connectivity index (χ4v) is 2.51. The van der Waals surface area contributed by atoms with Crippen LogP contribution in [0.15, 0.2) is 53.6 Å². The topological polar surface area (TPSA) is 26.5 Å². The van der Waals surface area contributed by atoms with Crippen LogP contribution in [0.25, 0.3) is 0 Å². The predicted molar refractivity (Wildman–Crippen MR) is 79.3 cm³/mol. The molecular weight excluding hydrogens is 256 g/mol.